The summed E-state index contributed by atoms with van der Waals surface area (Å²) in [6, 6.07) is 10.7. The van der Waals surface area contributed by atoms with Crippen molar-refractivity contribution in [3.05, 3.63) is 59.4 Å². The first-order valence-electron chi connectivity index (χ1n) is 5.75. The standard InChI is InChI=1S/C15H10FNO2/c16-10-4-5-14-12(8-10)13(15(19)17-14)7-9-2-1-3-11(18)6-9/h1-8,18H,(H,17,19)/b13-7+. The van der Waals surface area contributed by atoms with Gasteiger partial charge in [0.15, 0.2) is 0 Å². The topological polar surface area (TPSA) is 49.3 Å². The zero-order valence-electron chi connectivity index (χ0n) is 9.85. The van der Waals surface area contributed by atoms with Crippen LogP contribution in [0.25, 0.3) is 11.6 Å². The largest absolute Gasteiger partial charge is 0.508 e. The Kier molecular flexibility index (Phi) is 2.56. The molecule has 2 aromatic carbocycles. The van der Waals surface area contributed by atoms with Crippen molar-refractivity contribution in [2.75, 3.05) is 5.32 Å². The summed E-state index contributed by atoms with van der Waals surface area (Å²) in [4.78, 5) is 11.9. The molecule has 0 saturated heterocycles. The number of phenols is 1. The molecule has 94 valence electrons. The van der Waals surface area contributed by atoms with Crippen LogP contribution in [-0.2, 0) is 4.79 Å². The van der Waals surface area contributed by atoms with Crippen LogP contribution in [0.3, 0.4) is 0 Å². The first-order chi connectivity index (χ1) is 9.13. The minimum atomic E-state index is -0.392. The normalized spacial score (nSPS) is 15.4. The Balaban J connectivity index is 2.11. The summed E-state index contributed by atoms with van der Waals surface area (Å²) in [5.74, 6) is -0.548. The summed E-state index contributed by atoms with van der Waals surface area (Å²) >= 11 is 0. The molecular weight excluding hydrogens is 245 g/mol. The maximum Gasteiger partial charge on any atom is 0.256 e. The van der Waals surface area contributed by atoms with E-state index < -0.39 is 5.82 Å². The third kappa shape index (κ3) is 2.08. The molecular formula is C15H10FNO2. The fourth-order valence-corrected chi connectivity index (χ4v) is 2.08. The van der Waals surface area contributed by atoms with Gasteiger partial charge in [0.05, 0.1) is 0 Å². The lowest BCUT2D eigenvalue weighted by atomic mass is 10.0. The monoisotopic (exact) mass is 255 g/mol. The molecule has 0 aliphatic carbocycles. The van der Waals surface area contributed by atoms with Gasteiger partial charge in [-0.25, -0.2) is 4.39 Å². The molecule has 1 heterocycles. The SMILES string of the molecule is O=C1Nc2ccc(F)cc2/C1=C\c1cccc(O)c1. The summed E-state index contributed by atoms with van der Waals surface area (Å²) < 4.78 is 13.3. The lowest BCUT2D eigenvalue weighted by Crippen LogP contribution is -2.03. The highest BCUT2D eigenvalue weighted by Gasteiger charge is 2.24. The highest BCUT2D eigenvalue weighted by atomic mass is 19.1. The fraction of sp³-hybridized carbons (Fsp3) is 0. The van der Waals surface area contributed by atoms with Crippen molar-refractivity contribution in [1.29, 1.82) is 0 Å². The van der Waals surface area contributed by atoms with Crippen molar-refractivity contribution in [2.45, 2.75) is 0 Å². The van der Waals surface area contributed by atoms with E-state index in [0.29, 0.717) is 22.4 Å². The molecule has 3 rings (SSSR count). The number of carbonyl (C=O) groups excluding carboxylic acids is 1. The molecule has 2 aromatic rings. The van der Waals surface area contributed by atoms with Crippen LogP contribution in [0.4, 0.5) is 10.1 Å². The highest BCUT2D eigenvalue weighted by molar-refractivity contribution is 6.34. The van der Waals surface area contributed by atoms with E-state index in [1.807, 2.05) is 0 Å². The zero-order valence-corrected chi connectivity index (χ0v) is 9.85. The van der Waals surface area contributed by atoms with Crippen molar-refractivity contribution in [3.63, 3.8) is 0 Å². The van der Waals surface area contributed by atoms with Crippen molar-refractivity contribution in [3.8, 4) is 5.75 Å². The Morgan fingerprint density at radius 2 is 2.00 bits per heavy atom. The molecule has 1 amide bonds. The summed E-state index contributed by atoms with van der Waals surface area (Å²) in [5, 5.41) is 12.1. The quantitative estimate of drug-likeness (QED) is 0.769. The van der Waals surface area contributed by atoms with Crippen LogP contribution in [0.2, 0.25) is 0 Å². The highest BCUT2D eigenvalue weighted by Crippen LogP contribution is 2.33. The average molecular weight is 255 g/mol. The molecule has 0 unspecified atom stereocenters. The number of benzene rings is 2. The van der Waals surface area contributed by atoms with Gasteiger partial charge in [-0.2, -0.15) is 0 Å². The van der Waals surface area contributed by atoms with Gasteiger partial charge < -0.3 is 10.4 Å². The molecule has 0 saturated carbocycles. The first kappa shape index (κ1) is 11.5. The molecule has 4 heteroatoms. The van der Waals surface area contributed by atoms with E-state index >= 15 is 0 Å². The maximum absolute atomic E-state index is 13.3. The Morgan fingerprint density at radius 3 is 2.79 bits per heavy atom. The van der Waals surface area contributed by atoms with E-state index in [1.165, 1.54) is 24.3 Å². The molecule has 0 radical (unpaired) electrons. The van der Waals surface area contributed by atoms with Crippen LogP contribution in [0.1, 0.15) is 11.1 Å². The molecule has 2 N–H and O–H groups in total. The van der Waals surface area contributed by atoms with Gasteiger partial charge in [-0.1, -0.05) is 12.1 Å². The number of carbonyl (C=O) groups is 1. The predicted molar refractivity (Wildman–Crippen MR) is 71.0 cm³/mol. The average Bonchev–Trinajstić information content (AvgIpc) is 2.66. The number of nitrogens with one attached hydrogen (secondary N) is 1. The smallest absolute Gasteiger partial charge is 0.256 e. The summed E-state index contributed by atoms with van der Waals surface area (Å²) in [5.41, 5.74) is 2.20. The van der Waals surface area contributed by atoms with E-state index in [4.69, 9.17) is 0 Å². The Morgan fingerprint density at radius 1 is 1.16 bits per heavy atom. The molecule has 0 fully saturated rings. The van der Waals surface area contributed by atoms with Gasteiger partial charge in [-0.3, -0.25) is 4.79 Å². The van der Waals surface area contributed by atoms with Gasteiger partial charge in [0.1, 0.15) is 11.6 Å². The summed E-state index contributed by atoms with van der Waals surface area (Å²) in [7, 11) is 0. The van der Waals surface area contributed by atoms with Gasteiger partial charge in [0.25, 0.3) is 5.91 Å². The van der Waals surface area contributed by atoms with E-state index in [0.717, 1.165) is 0 Å². The molecule has 19 heavy (non-hydrogen) atoms. The summed E-state index contributed by atoms with van der Waals surface area (Å²) in [6.45, 7) is 0. The number of hydrogen-bond acceptors (Lipinski definition) is 2. The molecule has 0 bridgehead atoms. The number of anilines is 1. The fourth-order valence-electron chi connectivity index (χ4n) is 2.08. The lowest BCUT2D eigenvalue weighted by Gasteiger charge is -1.99. The first-order valence-corrected chi connectivity index (χ1v) is 5.75. The minimum absolute atomic E-state index is 0.118. The van der Waals surface area contributed by atoms with Crippen molar-refractivity contribution < 1.29 is 14.3 Å². The second-order valence-electron chi connectivity index (χ2n) is 4.30. The van der Waals surface area contributed by atoms with Crippen molar-refractivity contribution in [2.24, 2.45) is 0 Å². The number of aromatic hydroxyl groups is 1. The van der Waals surface area contributed by atoms with Gasteiger partial charge >= 0.3 is 0 Å². The van der Waals surface area contributed by atoms with Crippen molar-refractivity contribution in [1.82, 2.24) is 0 Å². The van der Waals surface area contributed by atoms with Crippen LogP contribution in [0.15, 0.2) is 42.5 Å². The Hall–Kier alpha value is -2.62. The molecule has 1 aliphatic rings. The number of rotatable bonds is 1. The van der Waals surface area contributed by atoms with Gasteiger partial charge in [0, 0.05) is 16.8 Å². The molecule has 0 atom stereocenters. The second-order valence-corrected chi connectivity index (χ2v) is 4.30. The van der Waals surface area contributed by atoms with Gasteiger partial charge in [-0.15, -0.1) is 0 Å². The van der Waals surface area contributed by atoms with Crippen LogP contribution in [0, 0.1) is 5.82 Å². The maximum atomic E-state index is 13.3. The van der Waals surface area contributed by atoms with Crippen LogP contribution in [0.5, 0.6) is 5.75 Å². The van der Waals surface area contributed by atoms with Gasteiger partial charge in [0.2, 0.25) is 0 Å². The molecule has 1 aliphatic heterocycles. The second kappa shape index (κ2) is 4.24. The van der Waals surface area contributed by atoms with Crippen molar-refractivity contribution >= 4 is 23.2 Å². The number of halogens is 1. The van der Waals surface area contributed by atoms with E-state index in [-0.39, 0.29) is 11.7 Å². The minimum Gasteiger partial charge on any atom is -0.508 e. The zero-order chi connectivity index (χ0) is 13.4. The number of amides is 1. The Bertz CT molecular complexity index is 707. The molecule has 0 spiro atoms. The lowest BCUT2D eigenvalue weighted by molar-refractivity contribution is -0.110. The summed E-state index contributed by atoms with van der Waals surface area (Å²) in [6.07, 6.45) is 1.63. The van der Waals surface area contributed by atoms with E-state index in [1.54, 1.807) is 24.3 Å². The number of hydrogen-bond donors (Lipinski definition) is 2. The molecule has 0 aromatic heterocycles. The van der Waals surface area contributed by atoms with E-state index in [2.05, 4.69) is 5.32 Å². The number of phenolic OH excluding ortho intramolecular Hbond substituents is 1. The van der Waals surface area contributed by atoms with Gasteiger partial charge in [-0.05, 0) is 42.0 Å². The third-order valence-corrected chi connectivity index (χ3v) is 2.95. The van der Waals surface area contributed by atoms with Crippen LogP contribution in [-0.4, -0.2) is 11.0 Å². The Labute approximate surface area is 109 Å². The van der Waals surface area contributed by atoms with E-state index in [9.17, 15) is 14.3 Å². The van der Waals surface area contributed by atoms with Crippen LogP contribution >= 0.6 is 0 Å². The predicted octanol–water partition coefficient (Wildman–Crippen LogP) is 3.02. The molecule has 3 nitrogen and oxygen atoms in total. The third-order valence-electron chi connectivity index (χ3n) is 2.95. The van der Waals surface area contributed by atoms with Crippen LogP contribution < -0.4 is 5.32 Å². The number of fused-ring (bicyclic) bond motifs is 1.